The van der Waals surface area contributed by atoms with Crippen molar-refractivity contribution in [2.75, 3.05) is 7.11 Å². The molecule has 5 heteroatoms. The van der Waals surface area contributed by atoms with E-state index in [2.05, 4.69) is 9.97 Å². The summed E-state index contributed by atoms with van der Waals surface area (Å²) in [5, 5.41) is 0. The Bertz CT molecular complexity index is 599. The van der Waals surface area contributed by atoms with Gasteiger partial charge in [-0.3, -0.25) is 4.79 Å². The van der Waals surface area contributed by atoms with Gasteiger partial charge in [-0.15, -0.1) is 0 Å². The fourth-order valence-corrected chi connectivity index (χ4v) is 1.57. The highest BCUT2D eigenvalue weighted by Gasteiger charge is 2.20. The Morgan fingerprint density at radius 1 is 1.28 bits per heavy atom. The van der Waals surface area contributed by atoms with E-state index in [9.17, 15) is 9.18 Å². The molecule has 1 aromatic carbocycles. The van der Waals surface area contributed by atoms with Gasteiger partial charge in [0.1, 0.15) is 5.82 Å². The molecule has 0 amide bonds. The predicted molar refractivity (Wildman–Crippen MR) is 63.2 cm³/mol. The van der Waals surface area contributed by atoms with Crippen LogP contribution in [0.5, 0.6) is 5.88 Å². The van der Waals surface area contributed by atoms with Gasteiger partial charge < -0.3 is 4.74 Å². The zero-order valence-electron chi connectivity index (χ0n) is 9.98. The van der Waals surface area contributed by atoms with Crippen LogP contribution in [-0.4, -0.2) is 22.9 Å². The number of methoxy groups -OCH3 is 1. The average molecular weight is 246 g/mol. The van der Waals surface area contributed by atoms with Gasteiger partial charge in [0.05, 0.1) is 12.7 Å². The first-order valence-electron chi connectivity index (χ1n) is 5.29. The van der Waals surface area contributed by atoms with Gasteiger partial charge >= 0.3 is 0 Å². The number of aryl methyl sites for hydroxylation is 1. The lowest BCUT2D eigenvalue weighted by Gasteiger charge is -2.06. The summed E-state index contributed by atoms with van der Waals surface area (Å²) < 4.78 is 18.6. The first-order valence-corrected chi connectivity index (χ1v) is 5.29. The van der Waals surface area contributed by atoms with Crippen LogP contribution >= 0.6 is 0 Å². The van der Waals surface area contributed by atoms with Crippen molar-refractivity contribution in [3.05, 3.63) is 53.2 Å². The van der Waals surface area contributed by atoms with Gasteiger partial charge in [-0.05, 0) is 19.1 Å². The van der Waals surface area contributed by atoms with E-state index in [1.807, 2.05) is 0 Å². The highest BCUT2D eigenvalue weighted by atomic mass is 19.1. The minimum atomic E-state index is -0.585. The lowest BCUT2D eigenvalue weighted by molar-refractivity contribution is 0.102. The Morgan fingerprint density at radius 3 is 2.72 bits per heavy atom. The van der Waals surface area contributed by atoms with E-state index in [1.165, 1.54) is 31.6 Å². The molecule has 1 aromatic heterocycles. The van der Waals surface area contributed by atoms with Crippen LogP contribution in [0.1, 0.15) is 21.6 Å². The Kier molecular flexibility index (Phi) is 3.32. The zero-order valence-corrected chi connectivity index (χ0v) is 9.98. The zero-order chi connectivity index (χ0) is 13.1. The van der Waals surface area contributed by atoms with Crippen molar-refractivity contribution >= 4 is 5.78 Å². The minimum absolute atomic E-state index is 0.00417. The van der Waals surface area contributed by atoms with Crippen molar-refractivity contribution in [2.24, 2.45) is 0 Å². The first-order chi connectivity index (χ1) is 8.63. The van der Waals surface area contributed by atoms with E-state index in [4.69, 9.17) is 4.74 Å². The molecule has 0 aliphatic carbocycles. The minimum Gasteiger partial charge on any atom is -0.479 e. The third-order valence-corrected chi connectivity index (χ3v) is 2.44. The molecule has 0 saturated carbocycles. The summed E-state index contributed by atoms with van der Waals surface area (Å²) in [5.74, 6) is -1.04. The van der Waals surface area contributed by atoms with Crippen molar-refractivity contribution in [1.29, 1.82) is 0 Å². The number of aromatic nitrogens is 2. The third-order valence-electron chi connectivity index (χ3n) is 2.44. The Hall–Kier alpha value is -2.30. The highest BCUT2D eigenvalue weighted by molar-refractivity contribution is 6.09. The summed E-state index contributed by atoms with van der Waals surface area (Å²) in [7, 11) is 1.38. The normalized spacial score (nSPS) is 10.2. The van der Waals surface area contributed by atoms with E-state index < -0.39 is 11.6 Å². The van der Waals surface area contributed by atoms with Crippen molar-refractivity contribution in [2.45, 2.75) is 6.92 Å². The molecule has 2 rings (SSSR count). The standard InChI is InChI=1S/C13H11FN2O2/c1-8-3-4-10(14)9(7-8)12(17)11-13(18-2)16-6-5-15-11/h3-7H,1-2H3. The molecule has 0 spiro atoms. The van der Waals surface area contributed by atoms with Gasteiger partial charge in [0.15, 0.2) is 5.69 Å². The van der Waals surface area contributed by atoms with Crippen LogP contribution in [0, 0.1) is 12.7 Å². The summed E-state index contributed by atoms with van der Waals surface area (Å²) in [5.41, 5.74) is 0.765. The van der Waals surface area contributed by atoms with E-state index in [1.54, 1.807) is 13.0 Å². The van der Waals surface area contributed by atoms with Crippen LogP contribution < -0.4 is 4.74 Å². The smallest absolute Gasteiger partial charge is 0.243 e. The van der Waals surface area contributed by atoms with E-state index in [0.717, 1.165) is 5.56 Å². The number of hydrogen-bond donors (Lipinski definition) is 0. The Morgan fingerprint density at radius 2 is 2.00 bits per heavy atom. The molecule has 1 heterocycles. The van der Waals surface area contributed by atoms with E-state index in [0.29, 0.717) is 0 Å². The molecular formula is C13H11FN2O2. The third kappa shape index (κ3) is 2.20. The van der Waals surface area contributed by atoms with Gasteiger partial charge in [-0.1, -0.05) is 11.6 Å². The number of hydrogen-bond acceptors (Lipinski definition) is 4. The van der Waals surface area contributed by atoms with Gasteiger partial charge in [0.2, 0.25) is 11.7 Å². The summed E-state index contributed by atoms with van der Waals surface area (Å²) in [4.78, 5) is 19.9. The summed E-state index contributed by atoms with van der Waals surface area (Å²) in [6.07, 6.45) is 2.77. The van der Waals surface area contributed by atoms with Crippen molar-refractivity contribution in [1.82, 2.24) is 9.97 Å². The molecule has 0 aliphatic heterocycles. The summed E-state index contributed by atoms with van der Waals surface area (Å²) in [6, 6.07) is 4.33. The van der Waals surface area contributed by atoms with E-state index in [-0.39, 0.29) is 17.1 Å². The second-order valence-electron chi connectivity index (χ2n) is 3.73. The summed E-state index contributed by atoms with van der Waals surface area (Å²) in [6.45, 7) is 1.78. The first kappa shape index (κ1) is 12.2. The number of carbonyl (C=O) groups excluding carboxylic acids is 1. The van der Waals surface area contributed by atoms with E-state index >= 15 is 0 Å². The number of ketones is 1. The SMILES string of the molecule is COc1nccnc1C(=O)c1cc(C)ccc1F. The van der Waals surface area contributed by atoms with Gasteiger partial charge in [-0.25, -0.2) is 14.4 Å². The lowest BCUT2D eigenvalue weighted by Crippen LogP contribution is -2.09. The largest absolute Gasteiger partial charge is 0.479 e. The molecule has 18 heavy (non-hydrogen) atoms. The molecule has 0 N–H and O–H groups in total. The molecule has 0 saturated heterocycles. The van der Waals surface area contributed by atoms with Crippen LogP contribution in [0.3, 0.4) is 0 Å². The van der Waals surface area contributed by atoms with Gasteiger partial charge in [-0.2, -0.15) is 0 Å². The number of ether oxygens (including phenoxy) is 1. The number of rotatable bonds is 3. The monoisotopic (exact) mass is 246 g/mol. The average Bonchev–Trinajstić information content (AvgIpc) is 2.40. The topological polar surface area (TPSA) is 52.1 Å². The molecule has 92 valence electrons. The van der Waals surface area contributed by atoms with Crippen LogP contribution in [0.15, 0.2) is 30.6 Å². The maximum absolute atomic E-state index is 13.6. The molecule has 0 unspecified atom stereocenters. The fraction of sp³-hybridized carbons (Fsp3) is 0.154. The number of benzene rings is 1. The molecular weight excluding hydrogens is 235 g/mol. The molecule has 0 atom stereocenters. The number of halogens is 1. The molecule has 0 fully saturated rings. The van der Waals surface area contributed by atoms with Crippen molar-refractivity contribution in [3.63, 3.8) is 0 Å². The second kappa shape index (κ2) is 4.91. The maximum atomic E-state index is 13.6. The summed E-state index contributed by atoms with van der Waals surface area (Å²) >= 11 is 0. The number of carbonyl (C=O) groups is 1. The van der Waals surface area contributed by atoms with Crippen LogP contribution in [0.2, 0.25) is 0 Å². The van der Waals surface area contributed by atoms with Crippen LogP contribution in [0.25, 0.3) is 0 Å². The molecule has 0 bridgehead atoms. The Balaban J connectivity index is 2.51. The predicted octanol–water partition coefficient (Wildman–Crippen LogP) is 2.16. The second-order valence-corrected chi connectivity index (χ2v) is 3.73. The lowest BCUT2D eigenvalue weighted by atomic mass is 10.0. The van der Waals surface area contributed by atoms with Gasteiger partial charge in [0, 0.05) is 12.4 Å². The molecule has 4 nitrogen and oxygen atoms in total. The highest BCUT2D eigenvalue weighted by Crippen LogP contribution is 2.19. The van der Waals surface area contributed by atoms with Crippen LogP contribution in [-0.2, 0) is 0 Å². The van der Waals surface area contributed by atoms with Crippen molar-refractivity contribution < 1.29 is 13.9 Å². The fourth-order valence-electron chi connectivity index (χ4n) is 1.57. The van der Waals surface area contributed by atoms with Crippen molar-refractivity contribution in [3.8, 4) is 5.88 Å². The maximum Gasteiger partial charge on any atom is 0.243 e. The molecule has 0 aliphatic rings. The molecule has 0 radical (unpaired) electrons. The quantitative estimate of drug-likeness (QED) is 0.779. The van der Waals surface area contributed by atoms with Crippen LogP contribution in [0.4, 0.5) is 4.39 Å². The Labute approximate surface area is 103 Å². The molecule has 2 aromatic rings. The number of nitrogens with zero attached hydrogens (tertiary/aromatic N) is 2. The van der Waals surface area contributed by atoms with Gasteiger partial charge in [0.25, 0.3) is 0 Å².